The minimum Gasteiger partial charge on any atom is -0.395 e. The average molecular weight is 179 g/mol. The summed E-state index contributed by atoms with van der Waals surface area (Å²) >= 11 is 0. The summed E-state index contributed by atoms with van der Waals surface area (Å²) in [6, 6.07) is 0. The number of alkyl halides is 2. The molecule has 0 saturated heterocycles. The van der Waals surface area contributed by atoms with E-state index in [-0.39, 0.29) is 26.0 Å². The maximum Gasteiger partial charge on any atom is 0.259 e. The van der Waals surface area contributed by atoms with E-state index in [1.165, 1.54) is 0 Å². The highest BCUT2D eigenvalue weighted by molar-refractivity contribution is 5.80. The number of aliphatic hydroxyl groups is 1. The molecule has 0 heterocycles. The van der Waals surface area contributed by atoms with Crippen LogP contribution in [-0.2, 0) is 4.79 Å². The molecule has 70 valence electrons. The molecule has 12 heavy (non-hydrogen) atoms. The average Bonchev–Trinajstić information content (AvgIpc) is 1.99. The van der Waals surface area contributed by atoms with Gasteiger partial charge in [-0.2, -0.15) is 0 Å². The largest absolute Gasteiger partial charge is 0.395 e. The molecule has 5 heteroatoms. The topological polar surface area (TPSA) is 49.3 Å². The molecule has 0 aromatic rings. The van der Waals surface area contributed by atoms with Crippen LogP contribution >= 0.6 is 0 Å². The molecule has 0 aromatic carbocycles. The summed E-state index contributed by atoms with van der Waals surface area (Å²) < 4.78 is 25.1. The lowest BCUT2D eigenvalue weighted by atomic mass is 9.80. The number of nitrogens with one attached hydrogen (secondary N) is 1. The number of halogens is 2. The minimum absolute atomic E-state index is 0.0470. The van der Waals surface area contributed by atoms with Crippen LogP contribution in [0.3, 0.4) is 0 Å². The van der Waals surface area contributed by atoms with Gasteiger partial charge in [0.1, 0.15) is 5.92 Å². The summed E-state index contributed by atoms with van der Waals surface area (Å²) in [5.41, 5.74) is 0. The van der Waals surface area contributed by atoms with Gasteiger partial charge in [0.25, 0.3) is 5.92 Å². The third-order valence-corrected chi connectivity index (χ3v) is 2.00. The Bertz CT molecular complexity index is 184. The zero-order chi connectivity index (χ0) is 9.19. The third-order valence-electron chi connectivity index (χ3n) is 2.00. The molecule has 1 atom stereocenters. The highest BCUT2D eigenvalue weighted by Gasteiger charge is 2.52. The van der Waals surface area contributed by atoms with Crippen LogP contribution < -0.4 is 5.32 Å². The van der Waals surface area contributed by atoms with Crippen LogP contribution in [0.2, 0.25) is 0 Å². The molecule has 1 rings (SSSR count). The van der Waals surface area contributed by atoms with Crippen molar-refractivity contribution >= 4 is 5.91 Å². The third kappa shape index (κ3) is 1.72. The zero-order valence-corrected chi connectivity index (χ0v) is 6.52. The molecular weight excluding hydrogens is 168 g/mol. The Labute approximate surface area is 68.8 Å². The van der Waals surface area contributed by atoms with E-state index in [9.17, 15) is 13.6 Å². The highest BCUT2D eigenvalue weighted by atomic mass is 19.3. The standard InChI is InChI=1S/C7H11F2NO2/c8-7(9)2-1-5(7)6(12)10-3-4-11/h5,11H,1-4H2,(H,10,12). The first-order valence-electron chi connectivity index (χ1n) is 3.84. The van der Waals surface area contributed by atoms with Crippen molar-refractivity contribution in [2.75, 3.05) is 13.2 Å². The van der Waals surface area contributed by atoms with Crippen LogP contribution in [0, 0.1) is 5.92 Å². The van der Waals surface area contributed by atoms with E-state index in [2.05, 4.69) is 5.32 Å². The second-order valence-corrected chi connectivity index (χ2v) is 2.87. The van der Waals surface area contributed by atoms with Crippen molar-refractivity contribution in [2.24, 2.45) is 5.92 Å². The van der Waals surface area contributed by atoms with E-state index in [0.29, 0.717) is 0 Å². The Hall–Kier alpha value is -0.710. The molecule has 0 bridgehead atoms. The fourth-order valence-electron chi connectivity index (χ4n) is 1.13. The summed E-state index contributed by atoms with van der Waals surface area (Å²) in [7, 11) is 0. The van der Waals surface area contributed by atoms with Gasteiger partial charge in [-0.1, -0.05) is 0 Å². The van der Waals surface area contributed by atoms with Gasteiger partial charge in [-0.3, -0.25) is 4.79 Å². The number of aliphatic hydroxyl groups excluding tert-OH is 1. The molecule has 1 fully saturated rings. The molecular formula is C7H11F2NO2. The first-order valence-corrected chi connectivity index (χ1v) is 3.84. The fourth-order valence-corrected chi connectivity index (χ4v) is 1.13. The predicted octanol–water partition coefficient (Wildman–Crippen LogP) is 0.140. The Morgan fingerprint density at radius 1 is 1.67 bits per heavy atom. The first-order chi connectivity index (χ1) is 5.58. The van der Waals surface area contributed by atoms with Crippen molar-refractivity contribution < 1.29 is 18.7 Å². The first kappa shape index (κ1) is 9.38. The maximum atomic E-state index is 12.6. The molecule has 1 unspecified atom stereocenters. The summed E-state index contributed by atoms with van der Waals surface area (Å²) in [4.78, 5) is 10.9. The molecule has 1 saturated carbocycles. The number of rotatable bonds is 3. The molecule has 1 aliphatic carbocycles. The number of carbonyl (C=O) groups is 1. The predicted molar refractivity (Wildman–Crippen MR) is 37.8 cm³/mol. The number of amides is 1. The summed E-state index contributed by atoms with van der Waals surface area (Å²) in [5, 5.41) is 10.5. The molecule has 0 radical (unpaired) electrons. The van der Waals surface area contributed by atoms with Gasteiger partial charge in [0.05, 0.1) is 6.61 Å². The van der Waals surface area contributed by atoms with Crippen LogP contribution in [0.1, 0.15) is 12.8 Å². The van der Waals surface area contributed by atoms with Crippen molar-refractivity contribution in [1.29, 1.82) is 0 Å². The van der Waals surface area contributed by atoms with Crippen LogP contribution in [0.25, 0.3) is 0 Å². The molecule has 3 nitrogen and oxygen atoms in total. The second-order valence-electron chi connectivity index (χ2n) is 2.87. The van der Waals surface area contributed by atoms with Crippen molar-refractivity contribution in [1.82, 2.24) is 5.32 Å². The quantitative estimate of drug-likeness (QED) is 0.647. The molecule has 1 aliphatic rings. The Morgan fingerprint density at radius 2 is 2.33 bits per heavy atom. The summed E-state index contributed by atoms with van der Waals surface area (Å²) in [6.07, 6.45) is 0.0362. The Balaban J connectivity index is 2.33. The van der Waals surface area contributed by atoms with E-state index in [0.717, 1.165) is 0 Å². The molecule has 0 aliphatic heterocycles. The highest BCUT2D eigenvalue weighted by Crippen LogP contribution is 2.43. The van der Waals surface area contributed by atoms with Crippen LogP contribution in [0.4, 0.5) is 8.78 Å². The van der Waals surface area contributed by atoms with Gasteiger partial charge in [-0.15, -0.1) is 0 Å². The second kappa shape index (κ2) is 3.35. The number of hydrogen-bond acceptors (Lipinski definition) is 2. The van der Waals surface area contributed by atoms with E-state index in [1.54, 1.807) is 0 Å². The Kier molecular flexibility index (Phi) is 2.62. The molecule has 0 spiro atoms. The zero-order valence-electron chi connectivity index (χ0n) is 6.52. The molecule has 2 N–H and O–H groups in total. The van der Waals surface area contributed by atoms with Crippen LogP contribution in [0.5, 0.6) is 0 Å². The number of carbonyl (C=O) groups excluding carboxylic acids is 1. The van der Waals surface area contributed by atoms with Crippen molar-refractivity contribution in [3.8, 4) is 0 Å². The SMILES string of the molecule is O=C(NCCO)C1CCC1(F)F. The van der Waals surface area contributed by atoms with E-state index in [1.807, 2.05) is 0 Å². The monoisotopic (exact) mass is 179 g/mol. The van der Waals surface area contributed by atoms with Gasteiger partial charge in [0, 0.05) is 13.0 Å². The minimum atomic E-state index is -2.83. The lowest BCUT2D eigenvalue weighted by molar-refractivity contribution is -0.162. The van der Waals surface area contributed by atoms with Crippen LogP contribution in [0.15, 0.2) is 0 Å². The van der Waals surface area contributed by atoms with Crippen LogP contribution in [-0.4, -0.2) is 30.1 Å². The smallest absolute Gasteiger partial charge is 0.259 e. The van der Waals surface area contributed by atoms with Gasteiger partial charge >= 0.3 is 0 Å². The molecule has 1 amide bonds. The van der Waals surface area contributed by atoms with Crippen molar-refractivity contribution in [2.45, 2.75) is 18.8 Å². The lowest BCUT2D eigenvalue weighted by Gasteiger charge is -2.34. The van der Waals surface area contributed by atoms with E-state index >= 15 is 0 Å². The number of hydrogen-bond donors (Lipinski definition) is 2. The van der Waals surface area contributed by atoms with Crippen molar-refractivity contribution in [3.63, 3.8) is 0 Å². The summed E-state index contributed by atoms with van der Waals surface area (Å²) in [5.74, 6) is -4.66. The molecule has 0 aromatic heterocycles. The fraction of sp³-hybridized carbons (Fsp3) is 0.857. The van der Waals surface area contributed by atoms with Gasteiger partial charge in [-0.25, -0.2) is 8.78 Å². The van der Waals surface area contributed by atoms with Crippen molar-refractivity contribution in [3.05, 3.63) is 0 Å². The maximum absolute atomic E-state index is 12.6. The van der Waals surface area contributed by atoms with Gasteiger partial charge in [0.15, 0.2) is 0 Å². The van der Waals surface area contributed by atoms with E-state index in [4.69, 9.17) is 5.11 Å². The van der Waals surface area contributed by atoms with Gasteiger partial charge in [-0.05, 0) is 6.42 Å². The Morgan fingerprint density at radius 3 is 2.67 bits per heavy atom. The van der Waals surface area contributed by atoms with E-state index < -0.39 is 17.7 Å². The van der Waals surface area contributed by atoms with Gasteiger partial charge in [0.2, 0.25) is 5.91 Å². The lowest BCUT2D eigenvalue weighted by Crippen LogP contribution is -2.49. The van der Waals surface area contributed by atoms with Gasteiger partial charge < -0.3 is 10.4 Å². The normalized spacial score (nSPS) is 26.1. The summed E-state index contributed by atoms with van der Waals surface area (Å²) in [6.45, 7) is -0.171.